The molecule has 180 valence electrons. The van der Waals surface area contributed by atoms with Crippen molar-refractivity contribution in [2.75, 3.05) is 18.1 Å². The summed E-state index contributed by atoms with van der Waals surface area (Å²) in [5, 5.41) is -0.727. The summed E-state index contributed by atoms with van der Waals surface area (Å²) in [4.78, 5) is 20.2. The minimum absolute atomic E-state index is 0.00331. The Labute approximate surface area is 207 Å². The molecule has 0 radical (unpaired) electrons. The molecule has 0 aliphatic heterocycles. The summed E-state index contributed by atoms with van der Waals surface area (Å²) in [5.41, 5.74) is -2.24. The van der Waals surface area contributed by atoms with Crippen molar-refractivity contribution in [2.45, 2.75) is 11.1 Å². The average Bonchev–Trinajstić information content (AvgIpc) is 2.76. The van der Waals surface area contributed by atoms with E-state index in [1.54, 1.807) is 0 Å². The lowest BCUT2D eigenvalue weighted by Crippen LogP contribution is -2.34. The summed E-state index contributed by atoms with van der Waals surface area (Å²) in [6.07, 6.45) is -3.81. The minimum atomic E-state index is -4.91. The van der Waals surface area contributed by atoms with Crippen LogP contribution in [0.2, 0.25) is 15.2 Å². The molecule has 0 amide bonds. The van der Waals surface area contributed by atoms with Crippen LogP contribution in [0.15, 0.2) is 53.6 Å². The van der Waals surface area contributed by atoms with E-state index in [0.29, 0.717) is 10.4 Å². The first-order valence-corrected chi connectivity index (χ1v) is 11.6. The number of aromatic nitrogens is 2. The largest absolute Gasteiger partial charge is 0.417 e. The predicted octanol–water partition coefficient (Wildman–Crippen LogP) is 5.49. The smallest absolute Gasteiger partial charge is 0.363 e. The Morgan fingerprint density at radius 3 is 2.44 bits per heavy atom. The van der Waals surface area contributed by atoms with Gasteiger partial charge in [-0.25, -0.2) is 22.7 Å². The first-order chi connectivity index (χ1) is 15.9. The molecule has 0 aliphatic rings. The van der Waals surface area contributed by atoms with Gasteiger partial charge in [0, 0.05) is 13.3 Å². The number of pyridine rings is 2. The highest BCUT2D eigenvalue weighted by molar-refractivity contribution is 7.92. The molecular formula is C20H13Cl3F3N3O4S. The number of hydrogen-bond donors (Lipinski definition) is 0. The van der Waals surface area contributed by atoms with Crippen LogP contribution >= 0.6 is 34.8 Å². The summed E-state index contributed by atoms with van der Waals surface area (Å²) in [7, 11) is -3.57. The van der Waals surface area contributed by atoms with Gasteiger partial charge in [-0.05, 0) is 36.4 Å². The van der Waals surface area contributed by atoms with Crippen LogP contribution in [0.4, 0.5) is 18.9 Å². The lowest BCUT2D eigenvalue weighted by Gasteiger charge is -2.25. The standard InChI is InChI=1S/C20H13Cl3F3N3O4S/c1-33-10-29(34(31,32)12-5-6-14(22)13(8-12)20(24,25)26)16-7-11(21)9-27-18(16)19(30)15-3-2-4-17(23)28-15/h2-9H,10H2,1H3. The number of ether oxygens (including phenoxy) is 1. The van der Waals surface area contributed by atoms with Gasteiger partial charge >= 0.3 is 6.18 Å². The van der Waals surface area contributed by atoms with Gasteiger partial charge in [-0.3, -0.25) is 4.79 Å². The number of halogens is 6. The molecule has 0 atom stereocenters. The average molecular weight is 555 g/mol. The molecule has 3 aromatic rings. The number of ketones is 1. The van der Waals surface area contributed by atoms with Gasteiger partial charge in [0.05, 0.1) is 26.2 Å². The number of methoxy groups -OCH3 is 1. The molecule has 0 bridgehead atoms. The van der Waals surface area contributed by atoms with Crippen molar-refractivity contribution in [1.29, 1.82) is 0 Å². The van der Waals surface area contributed by atoms with Crippen LogP contribution in [-0.4, -0.2) is 38.0 Å². The van der Waals surface area contributed by atoms with Gasteiger partial charge in [0.2, 0.25) is 5.78 Å². The monoisotopic (exact) mass is 553 g/mol. The van der Waals surface area contributed by atoms with Gasteiger partial charge in [0.15, 0.2) is 0 Å². The van der Waals surface area contributed by atoms with E-state index in [-0.39, 0.29) is 21.6 Å². The molecule has 0 N–H and O–H groups in total. The van der Waals surface area contributed by atoms with Gasteiger partial charge in [-0.15, -0.1) is 0 Å². The van der Waals surface area contributed by atoms with Crippen molar-refractivity contribution in [3.8, 4) is 0 Å². The molecule has 7 nitrogen and oxygen atoms in total. The van der Waals surface area contributed by atoms with Crippen LogP contribution < -0.4 is 4.31 Å². The Balaban J connectivity index is 2.20. The highest BCUT2D eigenvalue weighted by Crippen LogP contribution is 2.37. The van der Waals surface area contributed by atoms with Crippen LogP contribution in [-0.2, 0) is 20.9 Å². The molecule has 0 fully saturated rings. The molecule has 0 spiro atoms. The Bertz CT molecular complexity index is 1350. The quantitative estimate of drug-likeness (QED) is 0.218. The van der Waals surface area contributed by atoms with Gasteiger partial charge in [0.1, 0.15) is 23.3 Å². The summed E-state index contributed by atoms with van der Waals surface area (Å²) >= 11 is 17.5. The van der Waals surface area contributed by atoms with Gasteiger partial charge < -0.3 is 4.74 Å². The van der Waals surface area contributed by atoms with Crippen molar-refractivity contribution in [2.24, 2.45) is 0 Å². The van der Waals surface area contributed by atoms with Crippen LogP contribution in [0.1, 0.15) is 21.7 Å². The number of nitrogens with zero attached hydrogens (tertiary/aromatic N) is 3. The number of carbonyl (C=O) groups excluding carboxylic acids is 1. The molecule has 0 saturated heterocycles. The minimum Gasteiger partial charge on any atom is -0.363 e. The summed E-state index contributed by atoms with van der Waals surface area (Å²) < 4.78 is 72.3. The predicted molar refractivity (Wildman–Crippen MR) is 120 cm³/mol. The molecule has 0 unspecified atom stereocenters. The zero-order valence-electron chi connectivity index (χ0n) is 17.0. The second-order valence-electron chi connectivity index (χ2n) is 6.61. The Morgan fingerprint density at radius 1 is 1.12 bits per heavy atom. The molecule has 14 heteroatoms. The molecule has 2 aromatic heterocycles. The van der Waals surface area contributed by atoms with Crippen molar-refractivity contribution < 1.29 is 31.1 Å². The van der Waals surface area contributed by atoms with E-state index in [1.807, 2.05) is 0 Å². The van der Waals surface area contributed by atoms with Gasteiger partial charge in [-0.1, -0.05) is 40.9 Å². The molecule has 1 aromatic carbocycles. The lowest BCUT2D eigenvalue weighted by atomic mass is 10.1. The fourth-order valence-electron chi connectivity index (χ4n) is 2.84. The molecule has 34 heavy (non-hydrogen) atoms. The number of rotatable bonds is 7. The first kappa shape index (κ1) is 26.2. The number of anilines is 1. The normalized spacial score (nSPS) is 12.0. The Hall–Kier alpha value is -2.44. The highest BCUT2D eigenvalue weighted by Gasteiger charge is 2.36. The molecule has 2 heterocycles. The van der Waals surface area contributed by atoms with E-state index in [1.165, 1.54) is 18.2 Å². The molecule has 0 aliphatic carbocycles. The van der Waals surface area contributed by atoms with Crippen molar-refractivity contribution in [1.82, 2.24) is 9.97 Å². The van der Waals surface area contributed by atoms with E-state index in [2.05, 4.69) is 9.97 Å². The van der Waals surface area contributed by atoms with Gasteiger partial charge in [-0.2, -0.15) is 13.2 Å². The Morgan fingerprint density at radius 2 is 1.82 bits per heavy atom. The van der Waals surface area contributed by atoms with E-state index >= 15 is 0 Å². The number of carbonyl (C=O) groups is 1. The second-order valence-corrected chi connectivity index (χ2v) is 9.70. The van der Waals surface area contributed by atoms with E-state index in [0.717, 1.165) is 31.5 Å². The van der Waals surface area contributed by atoms with E-state index < -0.39 is 49.9 Å². The number of sulfonamides is 1. The molecule has 0 saturated carbocycles. The van der Waals surface area contributed by atoms with Crippen molar-refractivity contribution in [3.63, 3.8) is 0 Å². The summed E-state index contributed by atoms with van der Waals surface area (Å²) in [6.45, 7) is -0.683. The summed E-state index contributed by atoms with van der Waals surface area (Å²) in [6, 6.07) is 7.41. The topological polar surface area (TPSA) is 89.5 Å². The van der Waals surface area contributed by atoms with Crippen molar-refractivity contribution in [3.05, 3.63) is 80.8 Å². The van der Waals surface area contributed by atoms with E-state index in [9.17, 15) is 26.4 Å². The van der Waals surface area contributed by atoms with Crippen LogP contribution in [0, 0.1) is 0 Å². The third-order valence-corrected chi connectivity index (χ3v) is 6.82. The number of alkyl halides is 3. The zero-order valence-corrected chi connectivity index (χ0v) is 20.1. The number of benzene rings is 1. The van der Waals surface area contributed by atoms with Crippen molar-refractivity contribution >= 4 is 56.3 Å². The summed E-state index contributed by atoms with van der Waals surface area (Å²) in [5.74, 6) is -0.808. The zero-order chi connectivity index (χ0) is 25.3. The maximum atomic E-state index is 13.4. The van der Waals surface area contributed by atoms with Gasteiger partial charge in [0.25, 0.3) is 10.0 Å². The van der Waals surface area contributed by atoms with E-state index in [4.69, 9.17) is 39.5 Å². The molecular weight excluding hydrogens is 542 g/mol. The number of hydrogen-bond acceptors (Lipinski definition) is 6. The first-order valence-electron chi connectivity index (χ1n) is 9.07. The molecule has 3 rings (SSSR count). The fraction of sp³-hybridized carbons (Fsp3) is 0.150. The van der Waals surface area contributed by atoms with Crippen LogP contribution in [0.25, 0.3) is 0 Å². The third kappa shape index (κ3) is 5.44. The maximum absolute atomic E-state index is 13.4. The second kappa shape index (κ2) is 10.0. The third-order valence-electron chi connectivity index (χ3n) is 4.34. The Kier molecular flexibility index (Phi) is 7.73. The maximum Gasteiger partial charge on any atom is 0.417 e. The van der Waals surface area contributed by atoms with Crippen LogP contribution in [0.5, 0.6) is 0 Å². The SMILES string of the molecule is COCN(c1cc(Cl)cnc1C(=O)c1cccc(Cl)n1)S(=O)(=O)c1ccc(Cl)c(C(F)(F)F)c1. The van der Waals surface area contributed by atoms with Crippen LogP contribution in [0.3, 0.4) is 0 Å². The lowest BCUT2D eigenvalue weighted by molar-refractivity contribution is -0.137. The fourth-order valence-corrected chi connectivity index (χ4v) is 4.79. The highest BCUT2D eigenvalue weighted by atomic mass is 35.5.